The van der Waals surface area contributed by atoms with E-state index in [1.165, 1.54) is 0 Å². The molecule has 3 heterocycles. The summed E-state index contributed by atoms with van der Waals surface area (Å²) in [5, 5.41) is 0. The Kier molecular flexibility index (Phi) is 14.3. The van der Waals surface area contributed by atoms with Crippen molar-refractivity contribution in [2.75, 3.05) is 0 Å². The first kappa shape index (κ1) is 40.4. The molecule has 0 amide bonds. The zero-order chi connectivity index (χ0) is 33.6. The first-order valence-corrected chi connectivity index (χ1v) is 16.2. The predicted octanol–water partition coefficient (Wildman–Crippen LogP) is 9.68. The molecule has 0 spiro atoms. The smallest absolute Gasteiger partial charge is 0.0751 e. The molecular formula is C44H33BIrN5Y-4. The molecule has 0 saturated heterocycles. The zero-order valence-electron chi connectivity index (χ0n) is 29.1. The summed E-state index contributed by atoms with van der Waals surface area (Å²) in [6, 6.07) is 57.5. The summed E-state index contributed by atoms with van der Waals surface area (Å²) < 4.78 is 2.16. The predicted molar refractivity (Wildman–Crippen MR) is 202 cm³/mol. The van der Waals surface area contributed by atoms with E-state index >= 15 is 0 Å². The molecular weight excluding hydrogens is 890 g/mol. The molecule has 5 aromatic carbocycles. The standard InChI is InChI=1S/C30H18N3.C14H15N2.B.Ir.Y/c1-2-11-26(12-3-1)33-29-15-5-4-14-28(29)32-30(33)25-10-8-9-24(21-25)22-16-18-23(19-17-22)27-13-6-7-20-31-27;1-14(2,3)12-9-10-15-13(16-12)11-7-5-4-6-8-11;;;/h1-9,11-16,18-20H;4-7,9-10H,1-3H3;;;/q-3;-1;;;. The molecule has 3 aromatic heterocycles. The molecule has 0 N–H and O–H groups in total. The van der Waals surface area contributed by atoms with Gasteiger partial charge < -0.3 is 15.6 Å². The van der Waals surface area contributed by atoms with E-state index in [4.69, 9.17) is 4.98 Å². The topological polar surface area (TPSA) is 56.5 Å². The normalized spacial score (nSPS) is 10.5. The van der Waals surface area contributed by atoms with Gasteiger partial charge in [0.1, 0.15) is 0 Å². The molecule has 8 heteroatoms. The number of benzene rings is 5. The summed E-state index contributed by atoms with van der Waals surface area (Å²) in [4.78, 5) is 18.2. The van der Waals surface area contributed by atoms with Crippen LogP contribution in [0, 0.1) is 24.3 Å². The maximum atomic E-state index is 4.93. The average Bonchev–Trinajstić information content (AvgIpc) is 3.56. The van der Waals surface area contributed by atoms with Crippen LogP contribution in [-0.4, -0.2) is 32.9 Å². The maximum Gasteiger partial charge on any atom is 0.0751 e. The summed E-state index contributed by atoms with van der Waals surface area (Å²) >= 11 is 0. The van der Waals surface area contributed by atoms with Gasteiger partial charge in [-0.05, 0) is 48.3 Å². The monoisotopic (exact) mass is 924 g/mol. The molecule has 8 rings (SSSR count). The number of para-hydroxylation sites is 3. The molecule has 0 bridgehead atoms. The summed E-state index contributed by atoms with van der Waals surface area (Å²) in [5.74, 6) is 1.56. The fraction of sp³-hybridized carbons (Fsp3) is 0.0909. The van der Waals surface area contributed by atoms with Gasteiger partial charge >= 0.3 is 0 Å². The molecule has 253 valence electrons. The third-order valence-corrected chi connectivity index (χ3v) is 7.97. The van der Waals surface area contributed by atoms with Crippen molar-refractivity contribution < 1.29 is 52.8 Å². The van der Waals surface area contributed by atoms with E-state index in [2.05, 4.69) is 94.9 Å². The van der Waals surface area contributed by atoms with Gasteiger partial charge in [0.2, 0.25) is 0 Å². The SMILES string of the molecule is CC(C)(C)c1ccnc(-c2[c-]cccc2)n1.[B].[Ir].[Y].[c-]1ccc(-c2[c-]cc(-c3ccccn3)cc2)[c-]c1-c1nc2ccccc2n1-c1ccccc1. The first-order valence-electron chi connectivity index (χ1n) is 16.2. The van der Waals surface area contributed by atoms with Gasteiger partial charge in [0.05, 0.1) is 16.9 Å². The summed E-state index contributed by atoms with van der Waals surface area (Å²) in [6.45, 7) is 6.44. The van der Waals surface area contributed by atoms with Gasteiger partial charge in [-0.1, -0.05) is 62.7 Å². The van der Waals surface area contributed by atoms with E-state index in [1.807, 2.05) is 109 Å². The van der Waals surface area contributed by atoms with E-state index in [1.54, 1.807) is 6.20 Å². The van der Waals surface area contributed by atoms with Crippen molar-refractivity contribution >= 4 is 19.4 Å². The number of nitrogens with zero attached hydrogens (tertiary/aromatic N) is 5. The molecule has 0 saturated carbocycles. The Morgan fingerprint density at radius 2 is 1.38 bits per heavy atom. The second kappa shape index (κ2) is 18.4. The molecule has 0 fully saturated rings. The third kappa shape index (κ3) is 9.34. The maximum absolute atomic E-state index is 4.93. The zero-order valence-corrected chi connectivity index (χ0v) is 34.3. The molecule has 0 unspecified atom stereocenters. The summed E-state index contributed by atoms with van der Waals surface area (Å²) in [5.41, 5.74) is 9.78. The number of hydrogen-bond donors (Lipinski definition) is 0. The van der Waals surface area contributed by atoms with Gasteiger partial charge in [0.25, 0.3) is 0 Å². The first-order chi connectivity index (χ1) is 23.9. The van der Waals surface area contributed by atoms with Gasteiger partial charge in [-0.2, -0.15) is 5.56 Å². The molecule has 5 nitrogen and oxygen atoms in total. The second-order valence-electron chi connectivity index (χ2n) is 12.5. The van der Waals surface area contributed by atoms with Crippen LogP contribution in [0.3, 0.4) is 0 Å². The Bertz CT molecular complexity index is 2310. The van der Waals surface area contributed by atoms with Crippen molar-refractivity contribution in [3.8, 4) is 50.8 Å². The van der Waals surface area contributed by atoms with Crippen LogP contribution in [-0.2, 0) is 58.2 Å². The van der Waals surface area contributed by atoms with Crippen molar-refractivity contribution in [3.63, 3.8) is 0 Å². The Labute approximate surface area is 346 Å². The fourth-order valence-electron chi connectivity index (χ4n) is 5.45. The minimum atomic E-state index is 0. The van der Waals surface area contributed by atoms with Crippen molar-refractivity contribution in [2.45, 2.75) is 26.2 Å². The van der Waals surface area contributed by atoms with Crippen LogP contribution in [0.15, 0.2) is 146 Å². The third-order valence-electron chi connectivity index (χ3n) is 7.97. The van der Waals surface area contributed by atoms with E-state index in [9.17, 15) is 0 Å². The van der Waals surface area contributed by atoms with Crippen LogP contribution < -0.4 is 0 Å². The number of imidazole rings is 1. The molecule has 8 aromatic rings. The quantitative estimate of drug-likeness (QED) is 0.128. The number of aromatic nitrogens is 5. The van der Waals surface area contributed by atoms with Crippen LogP contribution in [0.25, 0.3) is 61.9 Å². The van der Waals surface area contributed by atoms with Gasteiger partial charge in [-0.3, -0.25) is 38.2 Å². The Balaban J connectivity index is 0.000000272. The van der Waals surface area contributed by atoms with Crippen molar-refractivity contribution in [2.24, 2.45) is 0 Å². The van der Waals surface area contributed by atoms with Crippen LogP contribution in [0.5, 0.6) is 0 Å². The van der Waals surface area contributed by atoms with Crippen LogP contribution >= 0.6 is 0 Å². The molecule has 0 aliphatic rings. The number of pyridine rings is 1. The average molecular weight is 924 g/mol. The molecule has 5 radical (unpaired) electrons. The molecule has 0 atom stereocenters. The number of fused-ring (bicyclic) bond motifs is 1. The molecule has 0 aliphatic carbocycles. The summed E-state index contributed by atoms with van der Waals surface area (Å²) in [7, 11) is 0. The van der Waals surface area contributed by atoms with Crippen molar-refractivity contribution in [1.29, 1.82) is 0 Å². The van der Waals surface area contributed by atoms with Crippen molar-refractivity contribution in [3.05, 3.63) is 176 Å². The van der Waals surface area contributed by atoms with Crippen LogP contribution in [0.4, 0.5) is 0 Å². The molecule has 0 aliphatic heterocycles. The van der Waals surface area contributed by atoms with Gasteiger partial charge in [-0.25, -0.2) is 6.07 Å². The Morgan fingerprint density at radius 1 is 0.615 bits per heavy atom. The largest absolute Gasteiger partial charge is 0.374 e. The van der Waals surface area contributed by atoms with E-state index < -0.39 is 0 Å². The summed E-state index contributed by atoms with van der Waals surface area (Å²) in [6.07, 6.45) is 3.61. The van der Waals surface area contributed by atoms with E-state index in [0.717, 1.165) is 67.6 Å². The van der Waals surface area contributed by atoms with Gasteiger partial charge in [0, 0.05) is 96.1 Å². The van der Waals surface area contributed by atoms with Gasteiger partial charge in [-0.15, -0.1) is 60.2 Å². The minimum absolute atomic E-state index is 0. The second-order valence-corrected chi connectivity index (χ2v) is 12.5. The minimum Gasteiger partial charge on any atom is -0.374 e. The Hall–Kier alpha value is -4.38. The van der Waals surface area contributed by atoms with E-state index in [-0.39, 0.29) is 66.6 Å². The molecule has 52 heavy (non-hydrogen) atoms. The fourth-order valence-corrected chi connectivity index (χ4v) is 5.45. The van der Waals surface area contributed by atoms with Crippen LogP contribution in [0.1, 0.15) is 26.5 Å². The van der Waals surface area contributed by atoms with Crippen molar-refractivity contribution in [1.82, 2.24) is 24.5 Å². The Morgan fingerprint density at radius 3 is 2.10 bits per heavy atom. The number of hydrogen-bond acceptors (Lipinski definition) is 4. The van der Waals surface area contributed by atoms with E-state index in [0.29, 0.717) is 0 Å². The van der Waals surface area contributed by atoms with Crippen LogP contribution in [0.2, 0.25) is 0 Å². The van der Waals surface area contributed by atoms with Gasteiger partial charge in [0.15, 0.2) is 0 Å². The number of rotatable bonds is 5.